The average Bonchev–Trinajstić information content (AvgIpc) is 2.45. The monoisotopic (exact) mass is 322 g/mol. The summed E-state index contributed by atoms with van der Waals surface area (Å²) in [5, 5.41) is 10.2. The van der Waals surface area contributed by atoms with Gasteiger partial charge in [0.05, 0.1) is 17.4 Å². The van der Waals surface area contributed by atoms with Crippen LogP contribution in [0.3, 0.4) is 0 Å². The maximum atomic E-state index is 12.2. The fourth-order valence-electron chi connectivity index (χ4n) is 2.47. The lowest BCUT2D eigenvalue weighted by atomic mass is 10.1. The number of rotatable bonds is 7. The van der Waals surface area contributed by atoms with Gasteiger partial charge in [0.15, 0.2) is 0 Å². The van der Waals surface area contributed by atoms with Crippen LogP contribution in [-0.4, -0.2) is 31.2 Å². The molecule has 120 valence electrons. The molecule has 2 N–H and O–H groups in total. The second kappa shape index (κ2) is 7.17. The second-order valence-electron chi connectivity index (χ2n) is 5.79. The summed E-state index contributed by atoms with van der Waals surface area (Å²) >= 11 is 0. The Bertz CT molecular complexity index is 724. The minimum absolute atomic E-state index is 0.0837. The van der Waals surface area contributed by atoms with Gasteiger partial charge in [-0.2, -0.15) is 0 Å². The largest absolute Gasteiger partial charge is 0.393 e. The van der Waals surface area contributed by atoms with Gasteiger partial charge in [0, 0.05) is 18.1 Å². The fourth-order valence-corrected chi connectivity index (χ4v) is 3.76. The molecule has 0 amide bonds. The number of sulfonamides is 1. The Balaban J connectivity index is 2.08. The highest BCUT2D eigenvalue weighted by Gasteiger charge is 2.16. The predicted octanol–water partition coefficient (Wildman–Crippen LogP) is 2.06. The molecule has 2 atom stereocenters. The molecule has 0 spiro atoms. The summed E-state index contributed by atoms with van der Waals surface area (Å²) in [6.07, 6.45) is 1.80. The van der Waals surface area contributed by atoms with E-state index in [2.05, 4.69) is 9.71 Å². The van der Waals surface area contributed by atoms with Crippen molar-refractivity contribution in [3.63, 3.8) is 0 Å². The number of pyridine rings is 1. The number of hydrogen-bond donors (Lipinski definition) is 2. The average molecular weight is 322 g/mol. The van der Waals surface area contributed by atoms with Crippen molar-refractivity contribution in [3.8, 4) is 0 Å². The topological polar surface area (TPSA) is 79.3 Å². The van der Waals surface area contributed by atoms with Crippen molar-refractivity contribution in [2.24, 2.45) is 5.92 Å². The van der Waals surface area contributed by atoms with E-state index < -0.39 is 16.1 Å². The van der Waals surface area contributed by atoms with Crippen molar-refractivity contribution < 1.29 is 13.5 Å². The van der Waals surface area contributed by atoms with E-state index in [9.17, 15) is 13.5 Å². The molecule has 5 nitrogen and oxygen atoms in total. The van der Waals surface area contributed by atoms with Crippen molar-refractivity contribution in [3.05, 3.63) is 42.1 Å². The maximum absolute atomic E-state index is 12.2. The Morgan fingerprint density at radius 2 is 1.95 bits per heavy atom. The molecular weight excluding hydrogens is 300 g/mol. The van der Waals surface area contributed by atoms with Crippen molar-refractivity contribution >= 4 is 20.9 Å². The Kier molecular flexibility index (Phi) is 5.50. The summed E-state index contributed by atoms with van der Waals surface area (Å²) in [4.78, 5) is 4.27. The molecule has 2 aromatic rings. The van der Waals surface area contributed by atoms with Gasteiger partial charge in [-0.25, -0.2) is 13.1 Å². The lowest BCUT2D eigenvalue weighted by molar-refractivity contribution is 0.165. The van der Waals surface area contributed by atoms with E-state index in [4.69, 9.17) is 0 Å². The molecule has 1 aromatic carbocycles. The van der Waals surface area contributed by atoms with Crippen molar-refractivity contribution in [2.45, 2.75) is 32.1 Å². The zero-order valence-corrected chi connectivity index (χ0v) is 13.7. The van der Waals surface area contributed by atoms with Gasteiger partial charge in [0.2, 0.25) is 10.0 Å². The first-order valence-electron chi connectivity index (χ1n) is 7.35. The van der Waals surface area contributed by atoms with Gasteiger partial charge in [0.1, 0.15) is 0 Å². The Hall–Kier alpha value is -1.50. The first kappa shape index (κ1) is 16.9. The third-order valence-corrected chi connectivity index (χ3v) is 4.75. The lowest BCUT2D eigenvalue weighted by Gasteiger charge is -2.14. The zero-order chi connectivity index (χ0) is 16.2. The number of aliphatic hydroxyl groups is 1. The summed E-state index contributed by atoms with van der Waals surface area (Å²) < 4.78 is 27.1. The molecule has 22 heavy (non-hydrogen) atoms. The van der Waals surface area contributed by atoms with Crippen molar-refractivity contribution in [1.82, 2.24) is 9.71 Å². The van der Waals surface area contributed by atoms with E-state index in [1.54, 1.807) is 19.2 Å². The predicted molar refractivity (Wildman–Crippen MR) is 87.8 cm³/mol. The molecule has 0 aliphatic carbocycles. The van der Waals surface area contributed by atoms with Gasteiger partial charge in [-0.05, 0) is 30.9 Å². The number of hydrogen-bond acceptors (Lipinski definition) is 4. The van der Waals surface area contributed by atoms with Crippen LogP contribution in [0.15, 0.2) is 36.5 Å². The van der Waals surface area contributed by atoms with E-state index >= 15 is 0 Å². The number of benzene rings is 1. The van der Waals surface area contributed by atoms with Crippen LogP contribution in [0.25, 0.3) is 10.9 Å². The summed E-state index contributed by atoms with van der Waals surface area (Å²) in [6, 6.07) is 9.28. The highest BCUT2D eigenvalue weighted by Crippen LogP contribution is 2.18. The molecule has 0 saturated heterocycles. The minimum Gasteiger partial charge on any atom is -0.393 e. The van der Waals surface area contributed by atoms with Gasteiger partial charge in [-0.3, -0.25) is 4.98 Å². The molecule has 6 heteroatoms. The highest BCUT2D eigenvalue weighted by molar-refractivity contribution is 7.88. The maximum Gasteiger partial charge on any atom is 0.215 e. The normalized spacial score (nSPS) is 14.9. The number of para-hydroxylation sites is 1. The molecule has 2 unspecified atom stereocenters. The van der Waals surface area contributed by atoms with Crippen LogP contribution < -0.4 is 4.72 Å². The second-order valence-corrected chi connectivity index (χ2v) is 7.60. The molecular formula is C16H22N2O3S. The van der Waals surface area contributed by atoms with Gasteiger partial charge < -0.3 is 5.11 Å². The van der Waals surface area contributed by atoms with Crippen LogP contribution >= 0.6 is 0 Å². The van der Waals surface area contributed by atoms with Gasteiger partial charge in [-0.1, -0.05) is 31.2 Å². The molecule has 0 fully saturated rings. The Morgan fingerprint density at radius 3 is 2.68 bits per heavy atom. The lowest BCUT2D eigenvalue weighted by Crippen LogP contribution is -2.30. The third kappa shape index (κ3) is 4.76. The van der Waals surface area contributed by atoms with Crippen molar-refractivity contribution in [2.75, 3.05) is 6.54 Å². The molecule has 0 aliphatic rings. The molecule has 1 aromatic heterocycles. The quantitative estimate of drug-likeness (QED) is 0.818. The minimum atomic E-state index is -3.43. The van der Waals surface area contributed by atoms with E-state index in [0.29, 0.717) is 24.0 Å². The fraction of sp³-hybridized carbons (Fsp3) is 0.438. The van der Waals surface area contributed by atoms with E-state index in [1.807, 2.05) is 31.2 Å². The van der Waals surface area contributed by atoms with Crippen LogP contribution in [0.4, 0.5) is 0 Å². The zero-order valence-electron chi connectivity index (χ0n) is 12.9. The van der Waals surface area contributed by atoms with Crippen LogP contribution in [0.5, 0.6) is 0 Å². The molecule has 0 bridgehead atoms. The van der Waals surface area contributed by atoms with Crippen LogP contribution in [0.2, 0.25) is 0 Å². The Labute approximate surface area is 131 Å². The smallest absolute Gasteiger partial charge is 0.215 e. The number of fused-ring (bicyclic) bond motifs is 1. The highest BCUT2D eigenvalue weighted by atomic mass is 32.2. The third-order valence-electron chi connectivity index (χ3n) is 3.46. The molecule has 0 radical (unpaired) electrons. The van der Waals surface area contributed by atoms with Crippen LogP contribution in [-0.2, 0) is 15.8 Å². The standard InChI is InChI=1S/C16H22N2O3S/c1-12(9-13(2)19)10-18-22(20,21)11-15-6-3-5-14-7-4-8-17-16(14)15/h3-8,12-13,18-19H,9-11H2,1-2H3. The van der Waals surface area contributed by atoms with E-state index in [0.717, 1.165) is 5.39 Å². The van der Waals surface area contributed by atoms with Crippen molar-refractivity contribution in [1.29, 1.82) is 0 Å². The summed E-state index contributed by atoms with van der Waals surface area (Å²) in [7, 11) is -3.43. The van der Waals surface area contributed by atoms with Crippen LogP contribution in [0.1, 0.15) is 25.8 Å². The first-order valence-corrected chi connectivity index (χ1v) is 9.00. The Morgan fingerprint density at radius 1 is 1.23 bits per heavy atom. The van der Waals surface area contributed by atoms with Gasteiger partial charge in [0.25, 0.3) is 0 Å². The first-order chi connectivity index (χ1) is 10.4. The summed E-state index contributed by atoms with van der Waals surface area (Å²) in [5.41, 5.74) is 1.40. The molecule has 1 heterocycles. The molecule has 2 rings (SSSR count). The van der Waals surface area contributed by atoms with Gasteiger partial charge in [-0.15, -0.1) is 0 Å². The van der Waals surface area contributed by atoms with E-state index in [-0.39, 0.29) is 11.7 Å². The van der Waals surface area contributed by atoms with Gasteiger partial charge >= 0.3 is 0 Å². The van der Waals surface area contributed by atoms with Crippen LogP contribution in [0, 0.1) is 5.92 Å². The number of aliphatic hydroxyl groups excluding tert-OH is 1. The molecule has 0 aliphatic heterocycles. The number of nitrogens with zero attached hydrogens (tertiary/aromatic N) is 1. The number of aromatic nitrogens is 1. The molecule has 0 saturated carbocycles. The van der Waals surface area contributed by atoms with E-state index in [1.165, 1.54) is 0 Å². The summed E-state index contributed by atoms with van der Waals surface area (Å²) in [6.45, 7) is 3.94. The SMILES string of the molecule is CC(O)CC(C)CNS(=O)(=O)Cc1cccc2cccnc12. The summed E-state index contributed by atoms with van der Waals surface area (Å²) in [5.74, 6) is -0.0108. The number of nitrogens with one attached hydrogen (secondary N) is 1.